The lowest BCUT2D eigenvalue weighted by molar-refractivity contribution is 0.269. The standard InChI is InChI=1S/C9H6F3N3O/c10-6-1-5(2-7(11)9(6)12)15-4-13-14-8(15)3-16/h1-2,4,16H,3H2. The molecule has 0 aliphatic heterocycles. The molecule has 7 heteroatoms. The lowest BCUT2D eigenvalue weighted by atomic mass is 10.3. The molecule has 4 nitrogen and oxygen atoms in total. The van der Waals surface area contributed by atoms with Gasteiger partial charge in [-0.15, -0.1) is 10.2 Å². The molecule has 0 atom stereocenters. The molecule has 84 valence electrons. The number of aromatic nitrogens is 3. The maximum absolute atomic E-state index is 12.9. The maximum atomic E-state index is 12.9. The van der Waals surface area contributed by atoms with E-state index in [2.05, 4.69) is 10.2 Å². The molecule has 0 radical (unpaired) electrons. The van der Waals surface area contributed by atoms with Gasteiger partial charge < -0.3 is 5.11 Å². The number of halogens is 3. The summed E-state index contributed by atoms with van der Waals surface area (Å²) >= 11 is 0. The highest BCUT2D eigenvalue weighted by molar-refractivity contribution is 5.34. The SMILES string of the molecule is OCc1nncn1-c1cc(F)c(F)c(F)c1. The minimum Gasteiger partial charge on any atom is -0.388 e. The normalized spacial score (nSPS) is 10.8. The largest absolute Gasteiger partial charge is 0.388 e. The van der Waals surface area contributed by atoms with E-state index in [0.29, 0.717) is 0 Å². The smallest absolute Gasteiger partial charge is 0.194 e. The van der Waals surface area contributed by atoms with Crippen LogP contribution >= 0.6 is 0 Å². The van der Waals surface area contributed by atoms with E-state index in [1.165, 1.54) is 0 Å². The van der Waals surface area contributed by atoms with Crippen molar-refractivity contribution >= 4 is 0 Å². The third-order valence-corrected chi connectivity index (χ3v) is 2.01. The Morgan fingerprint density at radius 1 is 1.19 bits per heavy atom. The molecule has 0 saturated carbocycles. The first-order valence-electron chi connectivity index (χ1n) is 4.28. The van der Waals surface area contributed by atoms with Gasteiger partial charge in [-0.3, -0.25) is 4.57 Å². The van der Waals surface area contributed by atoms with E-state index in [9.17, 15) is 13.2 Å². The summed E-state index contributed by atoms with van der Waals surface area (Å²) in [5.41, 5.74) is 0.00505. The zero-order valence-electron chi connectivity index (χ0n) is 7.86. The molecule has 0 spiro atoms. The van der Waals surface area contributed by atoms with E-state index in [4.69, 9.17) is 5.11 Å². The quantitative estimate of drug-likeness (QED) is 0.786. The van der Waals surface area contributed by atoms with Crippen LogP contribution in [0.4, 0.5) is 13.2 Å². The number of benzene rings is 1. The van der Waals surface area contributed by atoms with Crippen molar-refractivity contribution in [3.63, 3.8) is 0 Å². The molecule has 0 unspecified atom stereocenters. The summed E-state index contributed by atoms with van der Waals surface area (Å²) in [6.07, 6.45) is 1.16. The van der Waals surface area contributed by atoms with Gasteiger partial charge in [-0.2, -0.15) is 0 Å². The Hall–Kier alpha value is -1.89. The second kappa shape index (κ2) is 3.93. The molecule has 2 aromatic rings. The Labute approximate surface area is 88.0 Å². The van der Waals surface area contributed by atoms with Gasteiger partial charge in [-0.1, -0.05) is 0 Å². The van der Waals surface area contributed by atoms with Crippen molar-refractivity contribution in [2.75, 3.05) is 0 Å². The average Bonchev–Trinajstić information content (AvgIpc) is 2.73. The van der Waals surface area contributed by atoms with Crippen molar-refractivity contribution in [3.8, 4) is 5.69 Å². The highest BCUT2D eigenvalue weighted by atomic mass is 19.2. The Bertz CT molecular complexity index is 503. The minimum atomic E-state index is -1.54. The molecule has 1 heterocycles. The van der Waals surface area contributed by atoms with Crippen molar-refractivity contribution in [1.29, 1.82) is 0 Å². The molecular formula is C9H6F3N3O. The molecule has 1 aromatic heterocycles. The monoisotopic (exact) mass is 229 g/mol. The molecule has 0 aliphatic carbocycles. The first-order valence-corrected chi connectivity index (χ1v) is 4.28. The summed E-state index contributed by atoms with van der Waals surface area (Å²) in [5, 5.41) is 15.9. The van der Waals surface area contributed by atoms with Crippen molar-refractivity contribution in [2.24, 2.45) is 0 Å². The maximum Gasteiger partial charge on any atom is 0.194 e. The van der Waals surface area contributed by atoms with E-state index in [1.807, 2.05) is 0 Å². The fourth-order valence-electron chi connectivity index (χ4n) is 1.26. The van der Waals surface area contributed by atoms with Crippen LogP contribution in [-0.4, -0.2) is 19.9 Å². The van der Waals surface area contributed by atoms with E-state index in [0.717, 1.165) is 23.0 Å². The van der Waals surface area contributed by atoms with Gasteiger partial charge in [0.05, 0.1) is 5.69 Å². The summed E-state index contributed by atoms with van der Waals surface area (Å²) in [7, 11) is 0. The summed E-state index contributed by atoms with van der Waals surface area (Å²) in [4.78, 5) is 0. The molecule has 0 aliphatic rings. The number of rotatable bonds is 2. The van der Waals surface area contributed by atoms with E-state index >= 15 is 0 Å². The second-order valence-electron chi connectivity index (χ2n) is 3.00. The van der Waals surface area contributed by atoms with Crippen LogP contribution in [0.15, 0.2) is 18.5 Å². The number of nitrogens with zero attached hydrogens (tertiary/aromatic N) is 3. The molecule has 16 heavy (non-hydrogen) atoms. The molecule has 0 fully saturated rings. The first kappa shape index (κ1) is 10.6. The van der Waals surface area contributed by atoms with Crippen LogP contribution in [0, 0.1) is 17.5 Å². The molecular weight excluding hydrogens is 223 g/mol. The highest BCUT2D eigenvalue weighted by Gasteiger charge is 2.13. The predicted molar refractivity (Wildman–Crippen MR) is 47.2 cm³/mol. The van der Waals surface area contributed by atoms with Gasteiger partial charge in [0, 0.05) is 12.1 Å². The van der Waals surface area contributed by atoms with Crippen LogP contribution in [-0.2, 0) is 6.61 Å². The van der Waals surface area contributed by atoms with Crippen molar-refractivity contribution < 1.29 is 18.3 Å². The highest BCUT2D eigenvalue weighted by Crippen LogP contribution is 2.17. The fraction of sp³-hybridized carbons (Fsp3) is 0.111. The average molecular weight is 229 g/mol. The van der Waals surface area contributed by atoms with E-state index in [1.54, 1.807) is 0 Å². The van der Waals surface area contributed by atoms with Crippen LogP contribution < -0.4 is 0 Å². The summed E-state index contributed by atoms with van der Waals surface area (Å²) in [5.74, 6) is -4.06. The lowest BCUT2D eigenvalue weighted by Crippen LogP contribution is -2.03. The first-order chi connectivity index (χ1) is 7.63. The van der Waals surface area contributed by atoms with Crippen molar-refractivity contribution in [1.82, 2.24) is 14.8 Å². The van der Waals surface area contributed by atoms with E-state index < -0.39 is 24.1 Å². The number of hydrogen-bond acceptors (Lipinski definition) is 3. The van der Waals surface area contributed by atoms with Gasteiger partial charge in [0.15, 0.2) is 23.3 Å². The van der Waals surface area contributed by atoms with Gasteiger partial charge >= 0.3 is 0 Å². The van der Waals surface area contributed by atoms with Gasteiger partial charge in [0.25, 0.3) is 0 Å². The molecule has 0 bridgehead atoms. The third kappa shape index (κ3) is 1.65. The second-order valence-corrected chi connectivity index (χ2v) is 3.00. The van der Waals surface area contributed by atoms with Gasteiger partial charge in [-0.05, 0) is 0 Å². The van der Waals surface area contributed by atoms with Gasteiger partial charge in [-0.25, -0.2) is 13.2 Å². The number of hydrogen-bond donors (Lipinski definition) is 1. The Morgan fingerprint density at radius 3 is 2.38 bits per heavy atom. The van der Waals surface area contributed by atoms with Crippen molar-refractivity contribution in [2.45, 2.75) is 6.61 Å². The van der Waals surface area contributed by atoms with Crippen LogP contribution in [0.25, 0.3) is 5.69 Å². The minimum absolute atomic E-state index is 0.00505. The van der Waals surface area contributed by atoms with E-state index in [-0.39, 0.29) is 11.5 Å². The third-order valence-electron chi connectivity index (χ3n) is 2.01. The van der Waals surface area contributed by atoms with Crippen molar-refractivity contribution in [3.05, 3.63) is 41.7 Å². The molecule has 0 saturated heterocycles. The van der Waals surface area contributed by atoms with Crippen LogP contribution in [0.2, 0.25) is 0 Å². The zero-order chi connectivity index (χ0) is 11.7. The van der Waals surface area contributed by atoms with Crippen LogP contribution in [0.1, 0.15) is 5.82 Å². The summed E-state index contributed by atoms with van der Waals surface area (Å²) in [6.45, 7) is -0.444. The molecule has 1 aromatic carbocycles. The fourth-order valence-corrected chi connectivity index (χ4v) is 1.26. The molecule has 0 amide bonds. The molecule has 2 rings (SSSR count). The van der Waals surface area contributed by atoms with Gasteiger partial charge in [0.1, 0.15) is 12.9 Å². The Balaban J connectivity index is 2.57. The Morgan fingerprint density at radius 2 is 1.81 bits per heavy atom. The summed E-state index contributed by atoms with van der Waals surface area (Å²) in [6, 6.07) is 1.59. The van der Waals surface area contributed by atoms with Crippen LogP contribution in [0.5, 0.6) is 0 Å². The topological polar surface area (TPSA) is 50.9 Å². The zero-order valence-corrected chi connectivity index (χ0v) is 7.86. The van der Waals surface area contributed by atoms with Gasteiger partial charge in [0.2, 0.25) is 0 Å². The molecule has 1 N–H and O–H groups in total. The summed E-state index contributed by atoms with van der Waals surface area (Å²) < 4.78 is 39.7. The predicted octanol–water partition coefficient (Wildman–Crippen LogP) is 1.18. The lowest BCUT2D eigenvalue weighted by Gasteiger charge is -2.05. The number of aliphatic hydroxyl groups is 1. The number of aliphatic hydroxyl groups excluding tert-OH is 1. The van der Waals surface area contributed by atoms with Crippen LogP contribution in [0.3, 0.4) is 0 Å². The Kier molecular flexibility index (Phi) is 2.61.